The van der Waals surface area contributed by atoms with Gasteiger partial charge in [0.1, 0.15) is 5.82 Å². The fraction of sp³-hybridized carbons (Fsp3) is 0.320. The third-order valence-corrected chi connectivity index (χ3v) is 5.60. The third kappa shape index (κ3) is 5.32. The predicted octanol–water partition coefficient (Wildman–Crippen LogP) is 4.00. The molecule has 1 aromatic carbocycles. The topological polar surface area (TPSA) is 114 Å². The standard InChI is InChI=1S/C25H27F2N5O3/c1-14(2)35-21-8-5-16(26)22(23(21)27)18-7-6-17(28)24(30-18)25(34)31-19-12-29-10-9-20(19)32-11-3-4-15(33)13-32/h5-10,12,14-15,33H,3-4,11,13,28H2,1-2H3,(H,31,34). The highest BCUT2D eigenvalue weighted by molar-refractivity contribution is 6.08. The lowest BCUT2D eigenvalue weighted by Gasteiger charge is -2.33. The molecular formula is C25H27F2N5O3. The zero-order valence-electron chi connectivity index (χ0n) is 19.5. The van der Waals surface area contributed by atoms with E-state index in [1.54, 1.807) is 26.1 Å². The van der Waals surface area contributed by atoms with E-state index in [9.17, 15) is 14.3 Å². The number of benzene rings is 1. The molecule has 4 N–H and O–H groups in total. The molecule has 1 fully saturated rings. The van der Waals surface area contributed by atoms with E-state index in [-0.39, 0.29) is 28.9 Å². The molecule has 4 rings (SSSR count). The average Bonchev–Trinajstić information content (AvgIpc) is 2.82. The third-order valence-electron chi connectivity index (χ3n) is 5.60. The summed E-state index contributed by atoms with van der Waals surface area (Å²) in [5, 5.41) is 12.8. The van der Waals surface area contributed by atoms with Crippen molar-refractivity contribution >= 4 is 23.0 Å². The SMILES string of the molecule is CC(C)Oc1ccc(F)c(-c2ccc(N)c(C(=O)Nc3cnccc3N3CCCC(O)C3)n2)c1F. The normalized spacial score (nSPS) is 15.8. The molecule has 0 spiro atoms. The van der Waals surface area contributed by atoms with Crippen LogP contribution in [0.5, 0.6) is 5.75 Å². The van der Waals surface area contributed by atoms with E-state index in [0.29, 0.717) is 30.9 Å². The molecule has 0 bridgehead atoms. The number of rotatable bonds is 6. The van der Waals surface area contributed by atoms with Crippen molar-refractivity contribution in [3.05, 3.63) is 60.1 Å². The Labute approximate surface area is 201 Å². The average molecular weight is 484 g/mol. The van der Waals surface area contributed by atoms with Crippen LogP contribution in [0.15, 0.2) is 42.7 Å². The van der Waals surface area contributed by atoms with Crippen LogP contribution in [-0.4, -0.2) is 46.3 Å². The molecule has 3 aromatic rings. The molecule has 2 aromatic heterocycles. The molecule has 1 amide bonds. The fourth-order valence-corrected chi connectivity index (χ4v) is 4.02. The second-order valence-electron chi connectivity index (χ2n) is 8.62. The number of hydrogen-bond donors (Lipinski definition) is 3. The molecule has 0 aliphatic carbocycles. The van der Waals surface area contributed by atoms with Crippen LogP contribution < -0.4 is 20.7 Å². The summed E-state index contributed by atoms with van der Waals surface area (Å²) in [6.45, 7) is 4.59. The number of aliphatic hydroxyl groups excluding tert-OH is 1. The molecule has 8 nitrogen and oxygen atoms in total. The van der Waals surface area contributed by atoms with Crippen LogP contribution in [-0.2, 0) is 0 Å². The lowest BCUT2D eigenvalue weighted by molar-refractivity contribution is 0.102. The quantitative estimate of drug-likeness (QED) is 0.486. The Kier molecular flexibility index (Phi) is 7.11. The van der Waals surface area contributed by atoms with E-state index in [0.717, 1.165) is 12.5 Å². The van der Waals surface area contributed by atoms with Crippen LogP contribution in [0.2, 0.25) is 0 Å². The first-order valence-electron chi connectivity index (χ1n) is 11.3. The van der Waals surface area contributed by atoms with Gasteiger partial charge in [0, 0.05) is 19.3 Å². The zero-order valence-corrected chi connectivity index (χ0v) is 19.5. The molecule has 3 heterocycles. The molecule has 0 radical (unpaired) electrons. The van der Waals surface area contributed by atoms with Crippen LogP contribution >= 0.6 is 0 Å². The lowest BCUT2D eigenvalue weighted by atomic mass is 10.1. The van der Waals surface area contributed by atoms with Gasteiger partial charge in [0.05, 0.1) is 46.7 Å². The number of ether oxygens (including phenoxy) is 1. The van der Waals surface area contributed by atoms with Crippen molar-refractivity contribution in [1.29, 1.82) is 0 Å². The predicted molar refractivity (Wildman–Crippen MR) is 129 cm³/mol. The van der Waals surface area contributed by atoms with Gasteiger partial charge in [0.25, 0.3) is 5.91 Å². The first-order chi connectivity index (χ1) is 16.7. The Bertz CT molecular complexity index is 1240. The summed E-state index contributed by atoms with van der Waals surface area (Å²) < 4.78 is 35.1. The highest BCUT2D eigenvalue weighted by Gasteiger charge is 2.24. The number of nitrogens with zero attached hydrogens (tertiary/aromatic N) is 3. The number of amides is 1. The van der Waals surface area contributed by atoms with Crippen molar-refractivity contribution in [2.45, 2.75) is 38.9 Å². The molecule has 1 saturated heterocycles. The summed E-state index contributed by atoms with van der Waals surface area (Å²) in [4.78, 5) is 23.4. The summed E-state index contributed by atoms with van der Waals surface area (Å²) in [5.41, 5.74) is 6.43. The summed E-state index contributed by atoms with van der Waals surface area (Å²) in [5.74, 6) is -2.54. The van der Waals surface area contributed by atoms with Crippen LogP contribution in [0.3, 0.4) is 0 Å². The molecule has 184 valence electrons. The number of aliphatic hydroxyl groups is 1. The summed E-state index contributed by atoms with van der Waals surface area (Å²) >= 11 is 0. The number of nitrogens with two attached hydrogens (primary N) is 1. The van der Waals surface area contributed by atoms with Crippen molar-refractivity contribution in [1.82, 2.24) is 9.97 Å². The molecule has 1 aliphatic rings. The van der Waals surface area contributed by atoms with Crippen molar-refractivity contribution in [3.8, 4) is 17.0 Å². The van der Waals surface area contributed by atoms with E-state index in [1.807, 2.05) is 4.90 Å². The Morgan fingerprint density at radius 3 is 2.80 bits per heavy atom. The summed E-state index contributed by atoms with van der Waals surface area (Å²) in [6.07, 6.45) is 3.82. The fourth-order valence-electron chi connectivity index (χ4n) is 4.02. The van der Waals surface area contributed by atoms with Gasteiger partial charge in [-0.2, -0.15) is 0 Å². The van der Waals surface area contributed by atoms with E-state index in [4.69, 9.17) is 10.5 Å². The van der Waals surface area contributed by atoms with Crippen LogP contribution in [0, 0.1) is 11.6 Å². The van der Waals surface area contributed by atoms with Gasteiger partial charge < -0.3 is 25.8 Å². The second kappa shape index (κ2) is 10.2. The van der Waals surface area contributed by atoms with Crippen molar-refractivity contribution < 1.29 is 23.4 Å². The first-order valence-corrected chi connectivity index (χ1v) is 11.3. The minimum Gasteiger partial charge on any atom is -0.488 e. The molecule has 1 unspecified atom stereocenters. The number of pyridine rings is 2. The van der Waals surface area contributed by atoms with E-state index < -0.39 is 29.2 Å². The second-order valence-corrected chi connectivity index (χ2v) is 8.62. The molecule has 1 aliphatic heterocycles. The number of carbonyl (C=O) groups excluding carboxylic acids is 1. The monoisotopic (exact) mass is 483 g/mol. The van der Waals surface area contributed by atoms with Crippen LogP contribution in [0.4, 0.5) is 25.8 Å². The smallest absolute Gasteiger partial charge is 0.276 e. The van der Waals surface area contributed by atoms with E-state index in [2.05, 4.69) is 15.3 Å². The van der Waals surface area contributed by atoms with Crippen molar-refractivity contribution in [3.63, 3.8) is 0 Å². The maximum Gasteiger partial charge on any atom is 0.276 e. The Morgan fingerprint density at radius 2 is 2.06 bits per heavy atom. The van der Waals surface area contributed by atoms with Gasteiger partial charge in [-0.1, -0.05) is 0 Å². The number of piperidine rings is 1. The Hall–Kier alpha value is -3.79. The number of anilines is 3. The highest BCUT2D eigenvalue weighted by Crippen LogP contribution is 2.33. The number of hydrogen-bond acceptors (Lipinski definition) is 7. The Morgan fingerprint density at radius 1 is 1.26 bits per heavy atom. The number of nitrogens with one attached hydrogen (secondary N) is 1. The summed E-state index contributed by atoms with van der Waals surface area (Å²) in [7, 11) is 0. The zero-order chi connectivity index (χ0) is 25.1. The van der Waals surface area contributed by atoms with Crippen molar-refractivity contribution in [2.24, 2.45) is 0 Å². The van der Waals surface area contributed by atoms with Gasteiger partial charge in [-0.05, 0) is 57.0 Å². The Balaban J connectivity index is 1.66. The minimum absolute atomic E-state index is 0.0421. The number of nitrogen functional groups attached to an aromatic ring is 1. The maximum absolute atomic E-state index is 15.1. The van der Waals surface area contributed by atoms with Gasteiger partial charge in [0.2, 0.25) is 0 Å². The summed E-state index contributed by atoms with van der Waals surface area (Å²) in [6, 6.07) is 6.75. The van der Waals surface area contributed by atoms with Gasteiger partial charge in [-0.25, -0.2) is 13.8 Å². The lowest BCUT2D eigenvalue weighted by Crippen LogP contribution is -2.38. The van der Waals surface area contributed by atoms with Gasteiger partial charge in [-0.15, -0.1) is 0 Å². The van der Waals surface area contributed by atoms with Gasteiger partial charge >= 0.3 is 0 Å². The number of halogens is 2. The number of aromatic nitrogens is 2. The molecule has 1 atom stereocenters. The molecular weight excluding hydrogens is 456 g/mol. The number of β-amino-alcohol motifs (C(OH)–C–C–N with tert-alkyl or cyclic N) is 1. The molecule has 10 heteroatoms. The molecule has 35 heavy (non-hydrogen) atoms. The van der Waals surface area contributed by atoms with Crippen LogP contribution in [0.25, 0.3) is 11.3 Å². The largest absolute Gasteiger partial charge is 0.488 e. The van der Waals surface area contributed by atoms with Gasteiger partial charge in [0.15, 0.2) is 17.3 Å². The number of carbonyl (C=O) groups is 1. The first kappa shape index (κ1) is 24.3. The van der Waals surface area contributed by atoms with Crippen molar-refractivity contribution in [2.75, 3.05) is 29.0 Å². The van der Waals surface area contributed by atoms with Gasteiger partial charge in [-0.3, -0.25) is 9.78 Å². The van der Waals surface area contributed by atoms with Crippen LogP contribution in [0.1, 0.15) is 37.2 Å². The minimum atomic E-state index is -0.916. The molecule has 0 saturated carbocycles. The maximum atomic E-state index is 15.1. The highest BCUT2D eigenvalue weighted by atomic mass is 19.1. The van der Waals surface area contributed by atoms with E-state index in [1.165, 1.54) is 24.4 Å². The van der Waals surface area contributed by atoms with E-state index >= 15 is 4.39 Å².